The number of benzene rings is 1. The van der Waals surface area contributed by atoms with Crippen molar-refractivity contribution in [2.75, 3.05) is 6.54 Å². The third-order valence-corrected chi connectivity index (χ3v) is 3.59. The predicted molar refractivity (Wildman–Crippen MR) is 83.9 cm³/mol. The van der Waals surface area contributed by atoms with Gasteiger partial charge in [0.25, 0.3) is 0 Å². The first kappa shape index (κ1) is 15.8. The number of nitrogens with one attached hydrogen (secondary N) is 2. The van der Waals surface area contributed by atoms with Gasteiger partial charge in [-0.2, -0.15) is 5.26 Å². The molecule has 1 aliphatic carbocycles. The first-order chi connectivity index (χ1) is 10.7. The van der Waals surface area contributed by atoms with Gasteiger partial charge in [-0.1, -0.05) is 19.3 Å². The van der Waals surface area contributed by atoms with Gasteiger partial charge in [0, 0.05) is 6.04 Å². The number of aliphatic imine (C=N–C) groups is 1. The molecule has 0 aliphatic heterocycles. The van der Waals surface area contributed by atoms with Crippen LogP contribution >= 0.6 is 0 Å². The van der Waals surface area contributed by atoms with Gasteiger partial charge in [-0.25, -0.2) is 4.99 Å². The van der Waals surface area contributed by atoms with E-state index in [4.69, 9.17) is 10.4 Å². The van der Waals surface area contributed by atoms with Gasteiger partial charge in [-0.3, -0.25) is 4.79 Å². The molecule has 1 aliphatic rings. The summed E-state index contributed by atoms with van der Waals surface area (Å²) < 4.78 is 0. The summed E-state index contributed by atoms with van der Waals surface area (Å²) in [7, 11) is 0. The van der Waals surface area contributed by atoms with Crippen LogP contribution in [0.15, 0.2) is 29.3 Å². The average molecular weight is 300 g/mol. The molecule has 1 aromatic rings. The molecule has 0 radical (unpaired) electrons. The van der Waals surface area contributed by atoms with Crippen LogP contribution in [0.1, 0.15) is 37.7 Å². The zero-order valence-electron chi connectivity index (χ0n) is 12.4. The van der Waals surface area contributed by atoms with E-state index in [2.05, 4.69) is 21.7 Å². The Morgan fingerprint density at radius 3 is 2.55 bits per heavy atom. The van der Waals surface area contributed by atoms with Crippen LogP contribution in [-0.4, -0.2) is 29.6 Å². The van der Waals surface area contributed by atoms with Gasteiger partial charge in [0.05, 0.1) is 17.3 Å². The van der Waals surface area contributed by atoms with Gasteiger partial charge >= 0.3 is 5.97 Å². The number of aliphatic carboxylic acids is 1. The van der Waals surface area contributed by atoms with Crippen molar-refractivity contribution >= 4 is 17.6 Å². The van der Waals surface area contributed by atoms with Gasteiger partial charge < -0.3 is 15.7 Å². The number of nitriles is 1. The van der Waals surface area contributed by atoms with E-state index >= 15 is 0 Å². The molecule has 0 unspecified atom stereocenters. The second kappa shape index (κ2) is 8.03. The first-order valence-corrected chi connectivity index (χ1v) is 7.48. The van der Waals surface area contributed by atoms with Crippen molar-refractivity contribution in [3.05, 3.63) is 29.8 Å². The fraction of sp³-hybridized carbons (Fsp3) is 0.438. The van der Waals surface area contributed by atoms with Gasteiger partial charge in [-0.15, -0.1) is 0 Å². The predicted octanol–water partition coefficient (Wildman–Crippen LogP) is 2.14. The Morgan fingerprint density at radius 1 is 1.27 bits per heavy atom. The third kappa shape index (κ3) is 5.09. The van der Waals surface area contributed by atoms with E-state index < -0.39 is 5.97 Å². The molecule has 0 heterocycles. The van der Waals surface area contributed by atoms with Crippen molar-refractivity contribution in [1.29, 1.82) is 5.26 Å². The third-order valence-electron chi connectivity index (χ3n) is 3.59. The number of carboxylic acid groups (broad SMARTS) is 1. The molecular formula is C16H20N4O2. The fourth-order valence-electron chi connectivity index (χ4n) is 2.46. The number of nitrogens with zero attached hydrogens (tertiary/aromatic N) is 2. The molecule has 0 spiro atoms. The summed E-state index contributed by atoms with van der Waals surface area (Å²) >= 11 is 0. The van der Waals surface area contributed by atoms with Crippen molar-refractivity contribution in [3.63, 3.8) is 0 Å². The summed E-state index contributed by atoms with van der Waals surface area (Å²) in [5.41, 5.74) is 1.24. The molecule has 1 aromatic carbocycles. The molecule has 0 aromatic heterocycles. The number of carboxylic acids is 1. The van der Waals surface area contributed by atoms with Gasteiger partial charge in [-0.05, 0) is 37.1 Å². The van der Waals surface area contributed by atoms with Crippen LogP contribution < -0.4 is 10.6 Å². The largest absolute Gasteiger partial charge is 0.480 e. The van der Waals surface area contributed by atoms with E-state index in [0.29, 0.717) is 23.3 Å². The summed E-state index contributed by atoms with van der Waals surface area (Å²) in [4.78, 5) is 15.2. The highest BCUT2D eigenvalue weighted by Gasteiger charge is 2.15. The monoisotopic (exact) mass is 300 g/mol. The Kier molecular flexibility index (Phi) is 5.78. The van der Waals surface area contributed by atoms with Gasteiger partial charge in [0.1, 0.15) is 6.54 Å². The highest BCUT2D eigenvalue weighted by atomic mass is 16.4. The Balaban J connectivity index is 2.08. The number of carbonyl (C=O) groups is 1. The van der Waals surface area contributed by atoms with Crippen molar-refractivity contribution in [2.45, 2.75) is 38.1 Å². The maximum atomic E-state index is 10.8. The maximum Gasteiger partial charge on any atom is 0.322 e. The van der Waals surface area contributed by atoms with E-state index in [0.717, 1.165) is 12.8 Å². The van der Waals surface area contributed by atoms with Crippen LogP contribution in [0.5, 0.6) is 0 Å². The van der Waals surface area contributed by atoms with E-state index in [9.17, 15) is 4.79 Å². The van der Waals surface area contributed by atoms with Crippen LogP contribution in [0.4, 0.5) is 5.69 Å². The highest BCUT2D eigenvalue weighted by Crippen LogP contribution is 2.18. The molecule has 0 saturated heterocycles. The average Bonchev–Trinajstić information content (AvgIpc) is 2.54. The molecule has 22 heavy (non-hydrogen) atoms. The Morgan fingerprint density at radius 2 is 1.95 bits per heavy atom. The van der Waals surface area contributed by atoms with Crippen molar-refractivity contribution < 1.29 is 9.90 Å². The minimum Gasteiger partial charge on any atom is -0.480 e. The number of rotatable bonds is 4. The molecule has 1 fully saturated rings. The van der Waals surface area contributed by atoms with Crippen LogP contribution in [0.2, 0.25) is 0 Å². The molecule has 6 heteroatoms. The van der Waals surface area contributed by atoms with Crippen molar-refractivity contribution in [3.8, 4) is 6.07 Å². The number of hydrogen-bond acceptors (Lipinski definition) is 3. The van der Waals surface area contributed by atoms with Crippen molar-refractivity contribution in [2.24, 2.45) is 4.99 Å². The molecule has 3 N–H and O–H groups in total. The highest BCUT2D eigenvalue weighted by molar-refractivity contribution is 5.86. The van der Waals surface area contributed by atoms with E-state index in [-0.39, 0.29) is 6.54 Å². The SMILES string of the molecule is N#Cc1ccc(N=C(NCC(=O)O)NC2CCCCC2)cc1. The minimum absolute atomic E-state index is 0.186. The lowest BCUT2D eigenvalue weighted by atomic mass is 9.96. The van der Waals surface area contributed by atoms with Crippen molar-refractivity contribution in [1.82, 2.24) is 10.6 Å². The molecule has 2 rings (SSSR count). The molecule has 6 nitrogen and oxygen atoms in total. The summed E-state index contributed by atoms with van der Waals surface area (Å²) in [5, 5.41) is 23.7. The van der Waals surface area contributed by atoms with Crippen LogP contribution in [0, 0.1) is 11.3 Å². The van der Waals surface area contributed by atoms with E-state index in [1.165, 1.54) is 19.3 Å². The van der Waals surface area contributed by atoms with Crippen LogP contribution in [-0.2, 0) is 4.79 Å². The lowest BCUT2D eigenvalue weighted by Gasteiger charge is -2.24. The Bertz CT molecular complexity index is 569. The maximum absolute atomic E-state index is 10.8. The van der Waals surface area contributed by atoms with Gasteiger partial charge in [0.2, 0.25) is 0 Å². The van der Waals surface area contributed by atoms with Crippen LogP contribution in [0.25, 0.3) is 0 Å². The first-order valence-electron chi connectivity index (χ1n) is 7.48. The molecule has 0 amide bonds. The summed E-state index contributed by atoms with van der Waals surface area (Å²) in [6.45, 7) is -0.186. The molecule has 116 valence electrons. The molecule has 1 saturated carbocycles. The number of hydrogen-bond donors (Lipinski definition) is 3. The zero-order valence-corrected chi connectivity index (χ0v) is 12.4. The summed E-state index contributed by atoms with van der Waals surface area (Å²) in [6, 6.07) is 9.24. The van der Waals surface area contributed by atoms with Crippen LogP contribution in [0.3, 0.4) is 0 Å². The minimum atomic E-state index is -0.932. The second-order valence-corrected chi connectivity index (χ2v) is 5.35. The second-order valence-electron chi connectivity index (χ2n) is 5.35. The van der Waals surface area contributed by atoms with E-state index in [1.54, 1.807) is 24.3 Å². The lowest BCUT2D eigenvalue weighted by molar-refractivity contribution is -0.135. The smallest absolute Gasteiger partial charge is 0.322 e. The Hall–Kier alpha value is -2.55. The summed E-state index contributed by atoms with van der Waals surface area (Å²) in [5.74, 6) is -0.461. The topological polar surface area (TPSA) is 97.5 Å². The zero-order chi connectivity index (χ0) is 15.8. The normalized spacial score (nSPS) is 15.9. The quantitative estimate of drug-likeness (QED) is 0.584. The lowest BCUT2D eigenvalue weighted by Crippen LogP contribution is -2.45. The molecule has 0 atom stereocenters. The Labute approximate surface area is 129 Å². The van der Waals surface area contributed by atoms with E-state index in [1.807, 2.05) is 0 Å². The fourth-order valence-corrected chi connectivity index (χ4v) is 2.46. The van der Waals surface area contributed by atoms with Gasteiger partial charge in [0.15, 0.2) is 5.96 Å². The molecule has 0 bridgehead atoms. The summed E-state index contributed by atoms with van der Waals surface area (Å²) in [6.07, 6.45) is 5.76. The molecular weight excluding hydrogens is 280 g/mol. The number of guanidine groups is 1. The standard InChI is InChI=1S/C16H20N4O2/c17-10-12-6-8-14(9-7-12)20-16(18-11-15(21)22)19-13-4-2-1-3-5-13/h6-9,13H,1-5,11H2,(H,21,22)(H2,18,19,20).